The number of Topliss-reactive ketones (excluding diaryl/α,β-unsaturated/α-hetero) is 1. The molecule has 1 aromatic rings. The first kappa shape index (κ1) is 20.4. The van der Waals surface area contributed by atoms with E-state index in [0.717, 1.165) is 12.8 Å². The van der Waals surface area contributed by atoms with E-state index in [9.17, 15) is 19.2 Å². The Bertz CT molecular complexity index is 701. The maximum atomic E-state index is 12.2. The monoisotopic (exact) mass is 376 g/mol. The van der Waals surface area contributed by atoms with Gasteiger partial charge in [0.2, 0.25) is 5.91 Å². The second-order valence-corrected chi connectivity index (χ2v) is 6.25. The van der Waals surface area contributed by atoms with Gasteiger partial charge in [-0.1, -0.05) is 6.92 Å². The summed E-state index contributed by atoms with van der Waals surface area (Å²) in [5.41, 5.74) is 5.89. The molecule has 0 aliphatic carbocycles. The Morgan fingerprint density at radius 3 is 2.44 bits per heavy atom. The van der Waals surface area contributed by atoms with E-state index in [1.807, 2.05) is 0 Å². The lowest BCUT2D eigenvalue weighted by Gasteiger charge is -2.33. The number of carbonyl (C=O) groups is 4. The maximum absolute atomic E-state index is 12.2. The van der Waals surface area contributed by atoms with E-state index >= 15 is 0 Å². The smallest absolute Gasteiger partial charge is 0.344 e. The highest BCUT2D eigenvalue weighted by Crippen LogP contribution is 2.17. The summed E-state index contributed by atoms with van der Waals surface area (Å²) in [6.07, 6.45) is 2.54. The Morgan fingerprint density at radius 2 is 1.81 bits per heavy atom. The fourth-order valence-electron chi connectivity index (χ4n) is 2.88. The van der Waals surface area contributed by atoms with E-state index in [1.165, 1.54) is 4.90 Å². The molecule has 146 valence electrons. The zero-order valence-corrected chi connectivity index (χ0v) is 15.3. The van der Waals surface area contributed by atoms with E-state index in [-0.39, 0.29) is 12.4 Å². The van der Waals surface area contributed by atoms with Crippen LogP contribution >= 0.6 is 0 Å². The number of carbonyl (C=O) groups excluding carboxylic acids is 4. The molecule has 8 nitrogen and oxygen atoms in total. The molecule has 1 aromatic carbocycles. The lowest BCUT2D eigenvalue weighted by atomic mass is 10.0. The molecule has 2 N–H and O–H groups in total. The van der Waals surface area contributed by atoms with E-state index in [1.54, 1.807) is 31.2 Å². The number of hydrogen-bond acceptors (Lipinski definition) is 6. The van der Waals surface area contributed by atoms with E-state index < -0.39 is 30.4 Å². The maximum Gasteiger partial charge on any atom is 0.344 e. The number of esters is 1. The van der Waals surface area contributed by atoms with Crippen LogP contribution < -0.4 is 10.5 Å². The number of nitrogens with two attached hydrogens (primary N) is 1. The largest absolute Gasteiger partial charge is 0.482 e. The Labute approximate surface area is 157 Å². The van der Waals surface area contributed by atoms with Crippen molar-refractivity contribution in [3.8, 4) is 5.75 Å². The van der Waals surface area contributed by atoms with Crippen molar-refractivity contribution in [3.05, 3.63) is 29.8 Å². The van der Waals surface area contributed by atoms with E-state index in [2.05, 4.69) is 0 Å². The van der Waals surface area contributed by atoms with E-state index in [0.29, 0.717) is 30.7 Å². The molecular formula is C19H24N2O6. The molecule has 0 radical (unpaired) electrons. The van der Waals surface area contributed by atoms with Gasteiger partial charge in [0.05, 0.1) is 0 Å². The number of benzene rings is 1. The molecule has 1 heterocycles. The molecule has 0 spiro atoms. The fourth-order valence-corrected chi connectivity index (χ4v) is 2.88. The van der Waals surface area contributed by atoms with Gasteiger partial charge >= 0.3 is 5.97 Å². The summed E-state index contributed by atoms with van der Waals surface area (Å²) in [6.45, 7) is 1.37. The summed E-state index contributed by atoms with van der Waals surface area (Å²) in [5.74, 6) is -1.27. The number of piperidine rings is 1. The quantitative estimate of drug-likeness (QED) is 0.536. The Balaban J connectivity index is 1.77. The number of primary amides is 1. The Kier molecular flexibility index (Phi) is 7.34. The van der Waals surface area contributed by atoms with Crippen molar-refractivity contribution < 1.29 is 28.7 Å². The van der Waals surface area contributed by atoms with Gasteiger partial charge in [0.15, 0.2) is 19.0 Å². The predicted octanol–water partition coefficient (Wildman–Crippen LogP) is 1.07. The third kappa shape index (κ3) is 5.80. The predicted molar refractivity (Wildman–Crippen MR) is 96.1 cm³/mol. The second kappa shape index (κ2) is 9.70. The van der Waals surface area contributed by atoms with Crippen LogP contribution in [0.3, 0.4) is 0 Å². The van der Waals surface area contributed by atoms with Gasteiger partial charge in [-0.05, 0) is 43.5 Å². The van der Waals surface area contributed by atoms with Crippen molar-refractivity contribution in [3.63, 3.8) is 0 Å². The third-order valence-electron chi connectivity index (χ3n) is 4.36. The standard InChI is InChI=1S/C19H24N2O6/c1-2-16(22)13-6-8-14(9-7-13)26-12-18(24)27-11-17(23)21-10-4-3-5-15(21)19(20)25/h6-9,15H,2-5,10-12H2,1H3,(H2,20,25)/t15-/m1/s1. The highest BCUT2D eigenvalue weighted by Gasteiger charge is 2.30. The van der Waals surface area contributed by atoms with Crippen LogP contribution in [0.5, 0.6) is 5.75 Å². The topological polar surface area (TPSA) is 116 Å². The van der Waals surface area contributed by atoms with Crippen molar-refractivity contribution >= 4 is 23.6 Å². The molecule has 27 heavy (non-hydrogen) atoms. The highest BCUT2D eigenvalue weighted by molar-refractivity contribution is 5.95. The minimum atomic E-state index is -0.704. The van der Waals surface area contributed by atoms with Crippen LogP contribution in [0, 0.1) is 0 Å². The zero-order valence-electron chi connectivity index (χ0n) is 15.3. The van der Waals surface area contributed by atoms with Gasteiger partial charge < -0.3 is 20.1 Å². The summed E-state index contributed by atoms with van der Waals surface area (Å²) < 4.78 is 10.2. The van der Waals surface area contributed by atoms with Gasteiger partial charge in [-0.25, -0.2) is 4.79 Å². The van der Waals surface area contributed by atoms with Gasteiger partial charge in [0.1, 0.15) is 11.8 Å². The lowest BCUT2D eigenvalue weighted by Crippen LogP contribution is -2.51. The van der Waals surface area contributed by atoms with E-state index in [4.69, 9.17) is 15.2 Å². The molecule has 1 atom stereocenters. The van der Waals surface area contributed by atoms with Crippen LogP contribution in [-0.2, 0) is 19.1 Å². The molecule has 8 heteroatoms. The highest BCUT2D eigenvalue weighted by atomic mass is 16.6. The van der Waals surface area contributed by atoms with Crippen molar-refractivity contribution in [2.45, 2.75) is 38.6 Å². The zero-order chi connectivity index (χ0) is 19.8. The molecule has 2 rings (SSSR count). The number of ketones is 1. The Hall–Kier alpha value is -2.90. The number of ether oxygens (including phenoxy) is 2. The van der Waals surface area contributed by atoms with Crippen LogP contribution in [0.2, 0.25) is 0 Å². The number of hydrogen-bond donors (Lipinski definition) is 1. The van der Waals surface area contributed by atoms with Gasteiger partial charge in [-0.2, -0.15) is 0 Å². The number of rotatable bonds is 8. The van der Waals surface area contributed by atoms with Gasteiger partial charge in [-0.3, -0.25) is 14.4 Å². The molecule has 0 aromatic heterocycles. The van der Waals surface area contributed by atoms with Gasteiger partial charge in [0, 0.05) is 18.5 Å². The van der Waals surface area contributed by atoms with Gasteiger partial charge in [-0.15, -0.1) is 0 Å². The van der Waals surface area contributed by atoms with Crippen LogP contribution in [0.25, 0.3) is 0 Å². The van der Waals surface area contributed by atoms with Crippen LogP contribution in [0.15, 0.2) is 24.3 Å². The average Bonchev–Trinajstić information content (AvgIpc) is 2.70. The minimum Gasteiger partial charge on any atom is -0.482 e. The number of likely N-dealkylation sites (tertiary alicyclic amines) is 1. The Morgan fingerprint density at radius 1 is 1.11 bits per heavy atom. The number of amides is 2. The van der Waals surface area contributed by atoms with Gasteiger partial charge in [0.25, 0.3) is 5.91 Å². The third-order valence-corrected chi connectivity index (χ3v) is 4.36. The first-order valence-corrected chi connectivity index (χ1v) is 8.92. The molecule has 0 saturated carbocycles. The first-order chi connectivity index (χ1) is 12.9. The molecule has 2 amide bonds. The summed E-state index contributed by atoms with van der Waals surface area (Å²) >= 11 is 0. The van der Waals surface area contributed by atoms with Crippen molar-refractivity contribution in [1.29, 1.82) is 0 Å². The SMILES string of the molecule is CCC(=O)c1ccc(OCC(=O)OCC(=O)N2CCCC[C@@H]2C(N)=O)cc1. The molecule has 0 unspecified atom stereocenters. The summed E-state index contributed by atoms with van der Waals surface area (Å²) in [6, 6.07) is 5.77. The molecule has 1 saturated heterocycles. The molecular weight excluding hydrogens is 352 g/mol. The minimum absolute atomic E-state index is 0.0199. The fraction of sp³-hybridized carbons (Fsp3) is 0.474. The normalized spacial score (nSPS) is 16.5. The molecule has 1 aliphatic rings. The van der Waals surface area contributed by atoms with Crippen LogP contribution in [0.1, 0.15) is 43.0 Å². The van der Waals surface area contributed by atoms with Crippen molar-refractivity contribution in [2.24, 2.45) is 5.73 Å². The molecule has 1 aliphatic heterocycles. The first-order valence-electron chi connectivity index (χ1n) is 8.92. The summed E-state index contributed by atoms with van der Waals surface area (Å²) in [4.78, 5) is 48.3. The summed E-state index contributed by atoms with van der Waals surface area (Å²) in [7, 11) is 0. The van der Waals surface area contributed by atoms with Crippen LogP contribution in [-0.4, -0.2) is 54.3 Å². The molecule has 0 bridgehead atoms. The van der Waals surface area contributed by atoms with Crippen molar-refractivity contribution in [1.82, 2.24) is 4.90 Å². The number of nitrogens with zero attached hydrogens (tertiary/aromatic N) is 1. The average molecular weight is 376 g/mol. The van der Waals surface area contributed by atoms with Crippen molar-refractivity contribution in [2.75, 3.05) is 19.8 Å². The second-order valence-electron chi connectivity index (χ2n) is 6.25. The molecule has 1 fully saturated rings. The van der Waals surface area contributed by atoms with Crippen LogP contribution in [0.4, 0.5) is 0 Å². The lowest BCUT2D eigenvalue weighted by molar-refractivity contribution is -0.156. The summed E-state index contributed by atoms with van der Waals surface area (Å²) in [5, 5.41) is 0.